The molecule has 1 heterocycles. The second kappa shape index (κ2) is 6.56. The van der Waals surface area contributed by atoms with E-state index in [1.54, 1.807) is 6.92 Å². The summed E-state index contributed by atoms with van der Waals surface area (Å²) in [5.74, 6) is -1.10. The van der Waals surface area contributed by atoms with Crippen LogP contribution in [-0.4, -0.2) is 42.3 Å². The maximum Gasteiger partial charge on any atom is 0.303 e. The molecule has 0 aromatic heterocycles. The van der Waals surface area contributed by atoms with Gasteiger partial charge in [-0.3, -0.25) is 9.59 Å². The molecular formula is C11H20N2O4. The van der Waals surface area contributed by atoms with Crippen LogP contribution in [0.15, 0.2) is 0 Å². The maximum atomic E-state index is 11.7. The first-order chi connectivity index (χ1) is 8.02. The highest BCUT2D eigenvalue weighted by atomic mass is 16.5. The van der Waals surface area contributed by atoms with E-state index in [9.17, 15) is 9.59 Å². The number of ether oxygens (including phenoxy) is 1. The van der Waals surface area contributed by atoms with E-state index in [2.05, 4.69) is 5.32 Å². The topological polar surface area (TPSA) is 102 Å². The lowest BCUT2D eigenvalue weighted by Crippen LogP contribution is -2.38. The Morgan fingerprint density at radius 3 is 2.76 bits per heavy atom. The molecule has 98 valence electrons. The normalized spacial score (nSPS) is 25.5. The van der Waals surface area contributed by atoms with Gasteiger partial charge in [0.15, 0.2) is 0 Å². The van der Waals surface area contributed by atoms with E-state index >= 15 is 0 Å². The van der Waals surface area contributed by atoms with E-state index in [1.807, 2.05) is 0 Å². The van der Waals surface area contributed by atoms with Gasteiger partial charge in [0.25, 0.3) is 0 Å². The summed E-state index contributed by atoms with van der Waals surface area (Å²) in [4.78, 5) is 22.1. The third-order valence-corrected chi connectivity index (χ3v) is 2.81. The van der Waals surface area contributed by atoms with E-state index in [1.165, 1.54) is 0 Å². The zero-order valence-corrected chi connectivity index (χ0v) is 10.0. The van der Waals surface area contributed by atoms with Gasteiger partial charge in [0.1, 0.15) is 6.10 Å². The molecule has 0 aliphatic carbocycles. The van der Waals surface area contributed by atoms with E-state index in [0.29, 0.717) is 19.5 Å². The fourth-order valence-corrected chi connectivity index (χ4v) is 1.83. The fraction of sp³-hybridized carbons (Fsp3) is 0.818. The standard InChI is InChI=1S/C11H20N2O4/c1-7(4-10(14)15)6-13-11(16)9-3-2-8(5-12)17-9/h7-9H,2-6,12H2,1H3,(H,13,16)(H,14,15). The number of rotatable bonds is 6. The predicted octanol–water partition coefficient (Wildman–Crippen LogP) is -0.280. The van der Waals surface area contributed by atoms with Crippen LogP contribution in [0.2, 0.25) is 0 Å². The van der Waals surface area contributed by atoms with Gasteiger partial charge in [-0.15, -0.1) is 0 Å². The van der Waals surface area contributed by atoms with Gasteiger partial charge < -0.3 is 20.9 Å². The van der Waals surface area contributed by atoms with Gasteiger partial charge in [0.05, 0.1) is 6.10 Å². The van der Waals surface area contributed by atoms with Gasteiger partial charge in [-0.2, -0.15) is 0 Å². The number of aliphatic carboxylic acids is 1. The molecule has 4 N–H and O–H groups in total. The number of carbonyl (C=O) groups excluding carboxylic acids is 1. The molecule has 1 rings (SSSR count). The third kappa shape index (κ3) is 4.70. The van der Waals surface area contributed by atoms with Crippen LogP contribution in [0, 0.1) is 5.92 Å². The smallest absolute Gasteiger partial charge is 0.303 e. The summed E-state index contributed by atoms with van der Waals surface area (Å²) in [6.07, 6.45) is 1.08. The zero-order valence-electron chi connectivity index (χ0n) is 10.0. The Hall–Kier alpha value is -1.14. The number of amides is 1. The first-order valence-electron chi connectivity index (χ1n) is 5.88. The van der Waals surface area contributed by atoms with Crippen molar-refractivity contribution >= 4 is 11.9 Å². The van der Waals surface area contributed by atoms with Crippen molar-refractivity contribution in [1.82, 2.24) is 5.32 Å². The van der Waals surface area contributed by atoms with Crippen molar-refractivity contribution in [1.29, 1.82) is 0 Å². The van der Waals surface area contributed by atoms with Gasteiger partial charge in [-0.1, -0.05) is 6.92 Å². The summed E-state index contributed by atoms with van der Waals surface area (Å²) in [7, 11) is 0. The Bertz CT molecular complexity index is 283. The summed E-state index contributed by atoms with van der Waals surface area (Å²) < 4.78 is 5.43. The lowest BCUT2D eigenvalue weighted by molar-refractivity contribution is -0.138. The van der Waals surface area contributed by atoms with E-state index in [-0.39, 0.29) is 24.3 Å². The molecule has 3 unspecified atom stereocenters. The molecule has 17 heavy (non-hydrogen) atoms. The number of nitrogens with two attached hydrogens (primary N) is 1. The van der Waals surface area contributed by atoms with Crippen molar-refractivity contribution < 1.29 is 19.4 Å². The maximum absolute atomic E-state index is 11.7. The van der Waals surface area contributed by atoms with Crippen LogP contribution in [0.5, 0.6) is 0 Å². The molecule has 0 radical (unpaired) electrons. The number of carboxylic acid groups (broad SMARTS) is 1. The van der Waals surface area contributed by atoms with Crippen molar-refractivity contribution in [3.05, 3.63) is 0 Å². The lowest BCUT2D eigenvalue weighted by atomic mass is 10.1. The van der Waals surface area contributed by atoms with Crippen LogP contribution in [0.3, 0.4) is 0 Å². The molecule has 6 nitrogen and oxygen atoms in total. The van der Waals surface area contributed by atoms with E-state index in [0.717, 1.165) is 6.42 Å². The Kier molecular flexibility index (Phi) is 5.37. The molecule has 0 aromatic carbocycles. The minimum atomic E-state index is -0.855. The molecule has 1 saturated heterocycles. The summed E-state index contributed by atoms with van der Waals surface area (Å²) in [5, 5.41) is 11.3. The number of hydrogen-bond acceptors (Lipinski definition) is 4. The van der Waals surface area contributed by atoms with Gasteiger partial charge in [0.2, 0.25) is 5.91 Å². The average Bonchev–Trinajstić information content (AvgIpc) is 2.73. The van der Waals surface area contributed by atoms with Crippen LogP contribution < -0.4 is 11.1 Å². The molecule has 1 amide bonds. The third-order valence-electron chi connectivity index (χ3n) is 2.81. The van der Waals surface area contributed by atoms with E-state index < -0.39 is 12.1 Å². The fourth-order valence-electron chi connectivity index (χ4n) is 1.83. The first-order valence-corrected chi connectivity index (χ1v) is 5.88. The molecule has 0 bridgehead atoms. The molecule has 1 aliphatic heterocycles. The van der Waals surface area contributed by atoms with Crippen molar-refractivity contribution in [2.45, 2.75) is 38.4 Å². The second-order valence-corrected chi connectivity index (χ2v) is 4.51. The molecule has 3 atom stereocenters. The molecule has 1 fully saturated rings. The summed E-state index contributed by atoms with van der Waals surface area (Å²) in [5.41, 5.74) is 5.45. The Morgan fingerprint density at radius 2 is 2.24 bits per heavy atom. The molecule has 0 saturated carbocycles. The minimum Gasteiger partial charge on any atom is -0.481 e. The largest absolute Gasteiger partial charge is 0.481 e. The summed E-state index contributed by atoms with van der Waals surface area (Å²) >= 11 is 0. The number of carbonyl (C=O) groups is 2. The number of nitrogens with one attached hydrogen (secondary N) is 1. The summed E-state index contributed by atoms with van der Waals surface area (Å²) in [6.45, 7) is 2.57. The second-order valence-electron chi connectivity index (χ2n) is 4.51. The molecule has 1 aliphatic rings. The number of carboxylic acids is 1. The van der Waals surface area contributed by atoms with Gasteiger partial charge in [-0.05, 0) is 18.8 Å². The van der Waals surface area contributed by atoms with Crippen LogP contribution in [0.1, 0.15) is 26.2 Å². The first kappa shape index (κ1) is 13.9. The summed E-state index contributed by atoms with van der Waals surface area (Å²) in [6, 6.07) is 0. The Morgan fingerprint density at radius 1 is 1.53 bits per heavy atom. The minimum absolute atomic E-state index is 0.0257. The number of hydrogen-bond donors (Lipinski definition) is 3. The monoisotopic (exact) mass is 244 g/mol. The molecule has 6 heteroatoms. The molecular weight excluding hydrogens is 224 g/mol. The van der Waals surface area contributed by atoms with Crippen molar-refractivity contribution in [2.75, 3.05) is 13.1 Å². The SMILES string of the molecule is CC(CNC(=O)C1CCC(CN)O1)CC(=O)O. The van der Waals surface area contributed by atoms with Crippen molar-refractivity contribution in [3.8, 4) is 0 Å². The quantitative estimate of drug-likeness (QED) is 0.596. The average molecular weight is 244 g/mol. The highest BCUT2D eigenvalue weighted by Gasteiger charge is 2.29. The van der Waals surface area contributed by atoms with Crippen molar-refractivity contribution in [3.63, 3.8) is 0 Å². The van der Waals surface area contributed by atoms with Gasteiger partial charge >= 0.3 is 5.97 Å². The highest BCUT2D eigenvalue weighted by molar-refractivity contribution is 5.81. The van der Waals surface area contributed by atoms with Crippen LogP contribution >= 0.6 is 0 Å². The van der Waals surface area contributed by atoms with Crippen molar-refractivity contribution in [2.24, 2.45) is 11.7 Å². The van der Waals surface area contributed by atoms with Crippen LogP contribution in [-0.2, 0) is 14.3 Å². The van der Waals surface area contributed by atoms with Crippen LogP contribution in [0.25, 0.3) is 0 Å². The highest BCUT2D eigenvalue weighted by Crippen LogP contribution is 2.18. The lowest BCUT2D eigenvalue weighted by Gasteiger charge is -2.14. The van der Waals surface area contributed by atoms with Gasteiger partial charge in [-0.25, -0.2) is 0 Å². The molecule has 0 spiro atoms. The van der Waals surface area contributed by atoms with Gasteiger partial charge in [0, 0.05) is 19.5 Å². The Balaban J connectivity index is 2.23. The molecule has 0 aromatic rings. The Labute approximate surface area is 101 Å². The van der Waals surface area contributed by atoms with E-state index in [4.69, 9.17) is 15.6 Å². The zero-order chi connectivity index (χ0) is 12.8. The predicted molar refractivity (Wildman–Crippen MR) is 61.4 cm³/mol. The van der Waals surface area contributed by atoms with Crippen LogP contribution in [0.4, 0.5) is 0 Å².